The first-order valence-electron chi connectivity index (χ1n) is 50.1. The van der Waals surface area contributed by atoms with Crippen molar-refractivity contribution in [1.29, 1.82) is 0 Å². The van der Waals surface area contributed by atoms with Crippen LogP contribution >= 0.6 is 0 Å². The summed E-state index contributed by atoms with van der Waals surface area (Å²) >= 11 is 0. The van der Waals surface area contributed by atoms with Gasteiger partial charge in [0.05, 0.1) is 53.9 Å². The zero-order valence-corrected chi connectivity index (χ0v) is 84.2. The molecule has 2 heterocycles. The highest BCUT2D eigenvalue weighted by Crippen LogP contribution is 2.62. The number of phenols is 2. The van der Waals surface area contributed by atoms with Crippen molar-refractivity contribution < 1.29 is 90.9 Å². The second-order valence-electron chi connectivity index (χ2n) is 40.5. The fraction of sp³-hybridized carbons (Fsp3) is 0.652. The van der Waals surface area contributed by atoms with Crippen LogP contribution in [0.3, 0.4) is 0 Å². The molecule has 730 valence electrons. The van der Waals surface area contributed by atoms with Crippen molar-refractivity contribution in [2.24, 2.45) is 45.3 Å². The van der Waals surface area contributed by atoms with Crippen molar-refractivity contribution in [1.82, 2.24) is 0 Å². The lowest BCUT2D eigenvalue weighted by Gasteiger charge is -2.58. The van der Waals surface area contributed by atoms with Gasteiger partial charge in [-0.1, -0.05) is 151 Å². The molecule has 2 saturated heterocycles. The van der Waals surface area contributed by atoms with Crippen LogP contribution in [-0.2, 0) is 47.5 Å². The summed E-state index contributed by atoms with van der Waals surface area (Å²) in [6.07, 6.45) is 30.4. The SMILES string of the molecule is CCC(C)(C)C(=O)Oc1ccc(O)cc1.CCC(C)(C)C(=O)Oc1ccc(OC(C)OC2CCOCC2)cc1.CCC(C)(C)C(=O)Oc1ccc(OC(OC2CCOCC2)C(C)C)cc1.CCC(C)c1ccc(O)c(C)c1.CCC(C)c1ccc(OC(C)OC2CCCCC2)c(C)c1.CCC(C)c1ccc(OC(OCCOC2CCCCC2)C23CC4CC(CC(C4)C2)C3)c(C)c1. The van der Waals surface area contributed by atoms with Crippen LogP contribution < -0.4 is 33.2 Å². The van der Waals surface area contributed by atoms with E-state index in [9.17, 15) is 19.5 Å². The van der Waals surface area contributed by atoms with Gasteiger partial charge in [-0.15, -0.1) is 0 Å². The average molecular weight is 1820 g/mol. The van der Waals surface area contributed by atoms with Gasteiger partial charge in [-0.3, -0.25) is 14.4 Å². The summed E-state index contributed by atoms with van der Waals surface area (Å²) in [7, 11) is 0. The summed E-state index contributed by atoms with van der Waals surface area (Å²) in [5, 5.41) is 18.4. The lowest BCUT2D eigenvalue weighted by Crippen LogP contribution is -2.54. The molecule has 6 aromatic rings. The second-order valence-corrected chi connectivity index (χ2v) is 40.5. The summed E-state index contributed by atoms with van der Waals surface area (Å²) in [4.78, 5) is 35.9. The molecule has 6 aromatic carbocycles. The molecule has 6 aliphatic carbocycles. The Bertz CT molecular complexity index is 4240. The molecule has 0 amide bonds. The number of hydrogen-bond acceptors (Lipinski definition) is 19. The number of rotatable bonds is 36. The largest absolute Gasteiger partial charge is 0.508 e. The number of hydrogen-bond donors (Lipinski definition) is 2. The first kappa shape index (κ1) is 109. The van der Waals surface area contributed by atoms with Crippen LogP contribution in [-0.4, -0.2) is 117 Å². The van der Waals surface area contributed by atoms with Crippen LogP contribution in [0.15, 0.2) is 127 Å². The molecule has 19 heteroatoms. The molecule has 131 heavy (non-hydrogen) atoms. The Morgan fingerprint density at radius 1 is 0.397 bits per heavy atom. The minimum Gasteiger partial charge on any atom is -0.508 e. The molecule has 8 aliphatic rings. The Kier molecular flexibility index (Phi) is 44.8. The maximum absolute atomic E-state index is 12.2. The number of benzene rings is 6. The van der Waals surface area contributed by atoms with Crippen LogP contribution in [0.4, 0.5) is 0 Å². The second kappa shape index (κ2) is 54.1. The Morgan fingerprint density at radius 3 is 1.14 bits per heavy atom. The molecule has 0 aromatic heterocycles. The molecular weight excluding hydrogens is 1650 g/mol. The van der Waals surface area contributed by atoms with Crippen LogP contribution in [0.1, 0.15) is 350 Å². The summed E-state index contributed by atoms with van der Waals surface area (Å²) in [5.41, 5.74) is 6.27. The van der Waals surface area contributed by atoms with E-state index < -0.39 is 16.2 Å². The van der Waals surface area contributed by atoms with Crippen LogP contribution in [0.2, 0.25) is 0 Å². The van der Waals surface area contributed by atoms with E-state index >= 15 is 0 Å². The van der Waals surface area contributed by atoms with Crippen molar-refractivity contribution in [3.8, 4) is 51.7 Å². The van der Waals surface area contributed by atoms with Crippen molar-refractivity contribution in [2.45, 2.75) is 387 Å². The standard InChI is InChI=1S/C30H46O3.C21H32O5.C19H28O5.C19H30O2.C12H16O3.C11H16O/c1-4-21(2)26-10-11-28(22(3)14-26)33-29(32-13-12-31-27-8-6-5-7-9-27)30-18-23-15-24(19-30)17-25(16-23)20-30;1-6-21(4,5)20(22)26-17-9-7-16(8-10-17)24-19(15(2)3)25-18-11-13-23-14-12-18;1-5-19(3,4)18(20)24-16-8-6-15(7-9-16)22-14(2)23-17-10-12-21-13-11-17;1-5-14(2)17-11-12-19(15(3)13-17)21-16(4)20-18-9-7-6-8-10-18;1-4-12(2,3)11(14)15-10-7-5-9(13)6-8-10;1-4-8(2)10-5-6-11(12)9(3)7-10/h10-11,14,21,23-25,27,29H,4-9,12-13,15-20H2,1-3H3;7-10,15,18-19H,6,11-14H2,1-5H3;6-9,14,17H,5,10-13H2,1-4H3;11-14,16,18H,5-10H2,1-4H3;5-8,13H,4H2,1-3H3;5-8,12H,4H2,1-3H3. The van der Waals surface area contributed by atoms with Gasteiger partial charge in [-0.2, -0.15) is 0 Å². The third-order valence-corrected chi connectivity index (χ3v) is 28.0. The maximum Gasteiger partial charge on any atom is 0.316 e. The molecule has 8 fully saturated rings. The first-order valence-corrected chi connectivity index (χ1v) is 50.1. The quantitative estimate of drug-likeness (QED) is 0.0162. The topological polar surface area (TPSA) is 221 Å². The van der Waals surface area contributed by atoms with Crippen molar-refractivity contribution >= 4 is 17.9 Å². The lowest BCUT2D eigenvalue weighted by atomic mass is 9.49. The number of phenolic OH excluding ortho intramolecular Hbond substituents is 2. The number of carbonyl (C=O) groups is 3. The molecule has 14 rings (SSSR count). The van der Waals surface area contributed by atoms with E-state index in [1.165, 1.54) is 156 Å². The van der Waals surface area contributed by atoms with E-state index in [1.54, 1.807) is 54.6 Å². The monoisotopic (exact) mass is 1820 g/mol. The van der Waals surface area contributed by atoms with Gasteiger partial charge in [0.25, 0.3) is 0 Å². The summed E-state index contributed by atoms with van der Waals surface area (Å²) < 4.78 is 82.2. The van der Waals surface area contributed by atoms with E-state index in [0.29, 0.717) is 77.7 Å². The summed E-state index contributed by atoms with van der Waals surface area (Å²) in [6.45, 7) is 49.1. The third-order valence-electron chi connectivity index (χ3n) is 28.0. The number of ether oxygens (including phenoxy) is 14. The highest BCUT2D eigenvalue weighted by Gasteiger charge is 2.56. The number of aryl methyl sites for hydroxylation is 3. The van der Waals surface area contributed by atoms with Gasteiger partial charge < -0.3 is 76.5 Å². The number of aromatic hydroxyl groups is 2. The third kappa shape index (κ3) is 35.8. The smallest absolute Gasteiger partial charge is 0.316 e. The Labute approximate surface area is 788 Å². The minimum absolute atomic E-state index is 0.144. The molecule has 7 unspecified atom stereocenters. The molecule has 2 aliphatic heterocycles. The van der Waals surface area contributed by atoms with Gasteiger partial charge in [-0.05, 0) is 364 Å². The normalized spacial score (nSPS) is 20.5. The maximum atomic E-state index is 12.2. The Morgan fingerprint density at radius 2 is 0.748 bits per heavy atom. The van der Waals surface area contributed by atoms with Crippen LogP contribution in [0, 0.1) is 66.1 Å². The minimum atomic E-state index is -0.491. The number of carbonyl (C=O) groups excluding carboxylic acids is 3. The zero-order valence-electron chi connectivity index (χ0n) is 84.2. The molecule has 6 saturated carbocycles. The summed E-state index contributed by atoms with van der Waals surface area (Å²) in [6, 6.07) is 39.4. The van der Waals surface area contributed by atoms with Crippen molar-refractivity contribution in [3.05, 3.63) is 161 Å². The number of esters is 3. The molecule has 4 bridgehead atoms. The zero-order chi connectivity index (χ0) is 95.4. The lowest BCUT2D eigenvalue weighted by molar-refractivity contribution is -0.220. The van der Waals surface area contributed by atoms with E-state index in [-0.39, 0.29) is 72.4 Å². The molecular formula is C112H168O19. The van der Waals surface area contributed by atoms with Crippen LogP contribution in [0.5, 0.6) is 51.7 Å². The predicted octanol–water partition coefficient (Wildman–Crippen LogP) is 27.9. The van der Waals surface area contributed by atoms with Gasteiger partial charge in [0.1, 0.15) is 51.7 Å². The van der Waals surface area contributed by atoms with E-state index in [2.05, 4.69) is 112 Å². The molecule has 0 spiro atoms. The fourth-order valence-electron chi connectivity index (χ4n) is 17.7. The van der Waals surface area contributed by atoms with E-state index in [0.717, 1.165) is 113 Å². The predicted molar refractivity (Wildman–Crippen MR) is 522 cm³/mol. The average Bonchev–Trinajstić information content (AvgIpc) is 0.734. The highest BCUT2D eigenvalue weighted by atomic mass is 16.7. The van der Waals surface area contributed by atoms with Gasteiger partial charge in [0.15, 0.2) is 12.6 Å². The Balaban J connectivity index is 0.000000199. The van der Waals surface area contributed by atoms with E-state index in [1.807, 2.05) is 101 Å². The van der Waals surface area contributed by atoms with Crippen LogP contribution in [0.25, 0.3) is 0 Å². The van der Waals surface area contributed by atoms with Gasteiger partial charge in [0, 0.05) is 37.8 Å². The molecule has 7 atom stereocenters. The fourth-order valence-corrected chi connectivity index (χ4v) is 17.7. The summed E-state index contributed by atoms with van der Waals surface area (Å²) in [5.74, 6) is 9.35. The molecule has 2 N–H and O–H groups in total. The molecule has 0 radical (unpaired) electrons. The van der Waals surface area contributed by atoms with Gasteiger partial charge in [0.2, 0.25) is 12.6 Å². The van der Waals surface area contributed by atoms with Gasteiger partial charge >= 0.3 is 17.9 Å². The van der Waals surface area contributed by atoms with Crippen molar-refractivity contribution in [2.75, 3.05) is 39.6 Å². The van der Waals surface area contributed by atoms with E-state index in [4.69, 9.17) is 71.4 Å². The van der Waals surface area contributed by atoms with Crippen molar-refractivity contribution in [3.63, 3.8) is 0 Å². The molecule has 19 nitrogen and oxygen atoms in total. The highest BCUT2D eigenvalue weighted by molar-refractivity contribution is 5.79. The Hall–Kier alpha value is -7.75. The first-order chi connectivity index (χ1) is 62.5. The van der Waals surface area contributed by atoms with Gasteiger partial charge in [-0.25, -0.2) is 0 Å².